The molecule has 95 heavy (non-hydrogen) atoms. The van der Waals surface area contributed by atoms with E-state index < -0.39 is 83.4 Å². The van der Waals surface area contributed by atoms with Crippen LogP contribution in [0.1, 0.15) is 141 Å². The van der Waals surface area contributed by atoms with E-state index in [9.17, 15) is 79.2 Å². The van der Waals surface area contributed by atoms with Gasteiger partial charge in [0.2, 0.25) is 47.8 Å². The quantitative estimate of drug-likeness (QED) is 0.0480. The summed E-state index contributed by atoms with van der Waals surface area (Å²) in [5.41, 5.74) is -2.96. The predicted octanol–water partition coefficient (Wildman–Crippen LogP) is 9.20. The molecule has 19 nitrogen and oxygen atoms in total. The van der Waals surface area contributed by atoms with Gasteiger partial charge in [-0.1, -0.05) is 45.9 Å². The summed E-state index contributed by atoms with van der Waals surface area (Å²) in [6, 6.07) is 10.0. The summed E-state index contributed by atoms with van der Waals surface area (Å²) >= 11 is 0. The van der Waals surface area contributed by atoms with Gasteiger partial charge < -0.3 is 35.4 Å². The number of nitrogens with one attached hydrogen (secondary N) is 3. The van der Waals surface area contributed by atoms with Crippen LogP contribution >= 0.6 is 0 Å². The van der Waals surface area contributed by atoms with Crippen molar-refractivity contribution in [1.82, 2.24) is 43.6 Å². The van der Waals surface area contributed by atoms with Gasteiger partial charge in [-0.05, 0) is 144 Å². The summed E-state index contributed by atoms with van der Waals surface area (Å²) in [6.45, 7) is 14.3. The zero-order chi connectivity index (χ0) is 69.7. The first kappa shape index (κ1) is 77.4. The summed E-state index contributed by atoms with van der Waals surface area (Å²) in [5.74, 6) is 0.354. The van der Waals surface area contributed by atoms with Gasteiger partial charge in [-0.3, -0.25) is 14.4 Å². The molecule has 3 aliphatic heterocycles. The van der Waals surface area contributed by atoms with Crippen molar-refractivity contribution in [1.29, 1.82) is 0 Å². The third kappa shape index (κ3) is 22.3. The molecule has 3 aromatic carbocycles. The molecule has 6 fully saturated rings. The zero-order valence-corrected chi connectivity index (χ0v) is 57.0. The molecule has 3 saturated carbocycles. The first-order valence-electron chi connectivity index (χ1n) is 32.7. The van der Waals surface area contributed by atoms with E-state index in [0.29, 0.717) is 173 Å². The number of carbonyl (C=O) groups excluding carboxylic acids is 3. The van der Waals surface area contributed by atoms with Gasteiger partial charge in [0, 0.05) is 134 Å². The summed E-state index contributed by atoms with van der Waals surface area (Å²) in [5, 5.41) is 9.54. The molecule has 3 N–H and O–H groups in total. The molecule has 0 radical (unpaired) electrons. The lowest BCUT2D eigenvalue weighted by atomic mass is 10.1. The monoisotopic (exact) mass is 1410 g/mol. The molecule has 3 aromatic rings. The average Bonchev–Trinajstić information content (AvgIpc) is 1.71. The number of benzene rings is 3. The van der Waals surface area contributed by atoms with Crippen LogP contribution in [-0.4, -0.2) is 199 Å². The summed E-state index contributed by atoms with van der Waals surface area (Å²) in [4.78, 5) is 41.9. The van der Waals surface area contributed by atoms with E-state index in [2.05, 4.69) is 29.8 Å². The standard InChI is InChI=1S/C22H32F3N3O3S.C21H30F3N3O4S.C21H30F3N3O3S/c1-16(2)14-26-11-10-21(29)27-12-4-6-19(15-27)28(18-8-9-18)32(30,31)20-7-3-5-17(13-20)22(23,24)25;1-31-13-11-25-10-9-20(28)26-12-3-5-18(15-26)27(17-7-8-17)32(29,30)19-6-2-4-16(14-19)21(22,23)24;1-15(2)25-11-10-20(28)26-12-4-6-18(14-26)27(17-8-9-17)31(29,30)19-7-3-5-16(13-19)21(22,23)24/h3,5,7,13,16,18-19,26H,4,6,8-12,14-15H2,1-2H3;2,4,6,14,17-18,25H,3,5,7-13,15H2,1H3;3,5,7,13,15,17-18,25H,4,6,8-12,14H2,1-2H3. The third-order valence-corrected chi connectivity index (χ3v) is 23.2. The second-order valence-corrected chi connectivity index (χ2v) is 31.4. The fraction of sp³-hybridized carbons (Fsp3) is 0.672. The van der Waals surface area contributed by atoms with Crippen molar-refractivity contribution in [3.8, 4) is 0 Å². The molecule has 3 saturated heterocycles. The van der Waals surface area contributed by atoms with Crippen molar-refractivity contribution < 1.29 is 83.9 Å². The van der Waals surface area contributed by atoms with Gasteiger partial charge in [-0.15, -0.1) is 0 Å². The number of ether oxygens (including phenoxy) is 1. The van der Waals surface area contributed by atoms with Crippen molar-refractivity contribution in [2.75, 3.05) is 85.7 Å². The highest BCUT2D eigenvalue weighted by Gasteiger charge is 2.48. The van der Waals surface area contributed by atoms with Crippen LogP contribution in [0.4, 0.5) is 39.5 Å². The molecule has 3 amide bonds. The third-order valence-electron chi connectivity index (χ3n) is 17.2. The Kier molecular flexibility index (Phi) is 27.5. The van der Waals surface area contributed by atoms with Crippen molar-refractivity contribution >= 4 is 47.8 Å². The van der Waals surface area contributed by atoms with Gasteiger partial charge in [-0.25, -0.2) is 25.3 Å². The lowest BCUT2D eigenvalue weighted by molar-refractivity contribution is -0.138. The second kappa shape index (κ2) is 33.7. The predicted molar refractivity (Wildman–Crippen MR) is 339 cm³/mol. The molecular formula is C64H92F9N9O10S3. The van der Waals surface area contributed by atoms with Crippen molar-refractivity contribution in [3.05, 3.63) is 89.5 Å². The van der Waals surface area contributed by atoms with Crippen LogP contribution in [0.15, 0.2) is 87.5 Å². The number of sulfonamides is 3. The molecule has 0 aromatic heterocycles. The molecule has 0 bridgehead atoms. The minimum Gasteiger partial charge on any atom is -0.383 e. The van der Waals surface area contributed by atoms with Gasteiger partial charge >= 0.3 is 18.5 Å². The Labute approximate surface area is 553 Å². The molecular weight excluding hydrogens is 1320 g/mol. The Morgan fingerprint density at radius 2 is 0.789 bits per heavy atom. The summed E-state index contributed by atoms with van der Waals surface area (Å²) in [7, 11) is -10.8. The topological polar surface area (TPSA) is 218 Å². The lowest BCUT2D eigenvalue weighted by Crippen LogP contribution is -2.52. The number of likely N-dealkylation sites (tertiary alicyclic amines) is 3. The molecule has 9 rings (SSSR count). The number of piperidine rings is 3. The molecule has 0 spiro atoms. The molecule has 3 atom stereocenters. The lowest BCUT2D eigenvalue weighted by Gasteiger charge is -2.39. The maximum Gasteiger partial charge on any atom is 0.416 e. The van der Waals surface area contributed by atoms with Crippen LogP contribution in [0.3, 0.4) is 0 Å². The highest BCUT2D eigenvalue weighted by Crippen LogP contribution is 2.42. The van der Waals surface area contributed by atoms with E-state index in [1.165, 1.54) is 31.1 Å². The van der Waals surface area contributed by atoms with E-state index >= 15 is 0 Å². The minimum absolute atomic E-state index is 0.0295. The second-order valence-electron chi connectivity index (χ2n) is 25.9. The van der Waals surface area contributed by atoms with Crippen molar-refractivity contribution in [3.63, 3.8) is 0 Å². The van der Waals surface area contributed by atoms with Crippen LogP contribution in [0.2, 0.25) is 0 Å². The van der Waals surface area contributed by atoms with Gasteiger partial charge in [0.05, 0.1) is 38.0 Å². The van der Waals surface area contributed by atoms with E-state index in [1.807, 2.05) is 13.8 Å². The number of methoxy groups -OCH3 is 1. The van der Waals surface area contributed by atoms with Crippen LogP contribution in [-0.2, 0) is 67.7 Å². The number of carbonyl (C=O) groups is 3. The van der Waals surface area contributed by atoms with Crippen LogP contribution < -0.4 is 16.0 Å². The number of amides is 3. The first-order chi connectivity index (χ1) is 44.6. The van der Waals surface area contributed by atoms with Crippen LogP contribution in [0, 0.1) is 5.92 Å². The Balaban J connectivity index is 0.000000201. The van der Waals surface area contributed by atoms with E-state index in [0.717, 1.165) is 42.9 Å². The number of hydrogen-bond acceptors (Lipinski definition) is 13. The van der Waals surface area contributed by atoms with Crippen molar-refractivity contribution in [2.24, 2.45) is 5.92 Å². The highest BCUT2D eigenvalue weighted by molar-refractivity contribution is 7.89. The number of rotatable bonds is 27. The van der Waals surface area contributed by atoms with E-state index in [4.69, 9.17) is 4.74 Å². The van der Waals surface area contributed by atoms with Crippen LogP contribution in [0.25, 0.3) is 0 Å². The fourth-order valence-corrected chi connectivity index (χ4v) is 17.9. The average molecular weight is 1410 g/mol. The normalized spacial score (nSPS) is 20.2. The van der Waals surface area contributed by atoms with Gasteiger partial charge in [0.25, 0.3) is 0 Å². The molecule has 3 unspecified atom stereocenters. The number of halogens is 9. The number of alkyl halides is 9. The largest absolute Gasteiger partial charge is 0.416 e. The zero-order valence-electron chi connectivity index (χ0n) is 54.5. The fourth-order valence-electron chi connectivity index (χ4n) is 12.1. The van der Waals surface area contributed by atoms with Gasteiger partial charge in [0.1, 0.15) is 0 Å². The Morgan fingerprint density at radius 1 is 0.474 bits per heavy atom. The Morgan fingerprint density at radius 3 is 1.07 bits per heavy atom. The van der Waals surface area contributed by atoms with Gasteiger partial charge in [-0.2, -0.15) is 52.4 Å². The molecule has 6 aliphatic rings. The molecule has 3 heterocycles. The molecule has 3 aliphatic carbocycles. The highest BCUT2D eigenvalue weighted by atomic mass is 32.2. The minimum atomic E-state index is -4.62. The number of nitrogens with zero attached hydrogens (tertiary/aromatic N) is 6. The summed E-state index contributed by atoms with van der Waals surface area (Å²) < 4.78 is 207. The Bertz CT molecular complexity index is 3370. The van der Waals surface area contributed by atoms with E-state index in [1.54, 1.807) is 21.8 Å². The maximum absolute atomic E-state index is 13.4. The van der Waals surface area contributed by atoms with Crippen molar-refractivity contribution in [2.45, 2.75) is 200 Å². The maximum atomic E-state index is 13.4. The first-order valence-corrected chi connectivity index (χ1v) is 37.1. The number of hydrogen-bond donors (Lipinski definition) is 3. The summed E-state index contributed by atoms with van der Waals surface area (Å²) in [6.07, 6.45) is -5.11. The molecule has 534 valence electrons. The van der Waals surface area contributed by atoms with Gasteiger partial charge in [0.15, 0.2) is 0 Å². The smallest absolute Gasteiger partial charge is 0.383 e. The van der Waals surface area contributed by atoms with Crippen LogP contribution in [0.5, 0.6) is 0 Å². The SMILES string of the molecule is CC(C)CNCCC(=O)N1CCCC(N(C2CC2)S(=O)(=O)c2cccc(C(F)(F)F)c2)C1.CC(C)NCCC(=O)N1CCCC(N(C2CC2)S(=O)(=O)c2cccc(C(F)(F)F)c2)C1.COCCNCCC(=O)N1CCCC(N(C2CC2)S(=O)(=O)c2cccc(C(F)(F)F)c2)C1. The van der Waals surface area contributed by atoms with E-state index in [-0.39, 0.29) is 76.2 Å². The Hall–Kier alpha value is -4.99. The molecule has 31 heteroatoms.